The molecule has 0 spiro atoms. The Labute approximate surface area is 317 Å². The maximum Gasteiger partial charge on any atom is 3.00 e. The number of imidazole rings is 4. The summed E-state index contributed by atoms with van der Waals surface area (Å²) in [4.78, 5) is 21.5. The summed E-state index contributed by atoms with van der Waals surface area (Å²) in [5.41, 5.74) is 14.5. The molecule has 262 valence electrons. The fraction of sp³-hybridized carbons (Fsp3) is 0.200. The molecule has 13 heteroatoms. The molecule has 7 aromatic heterocycles. The van der Waals surface area contributed by atoms with Gasteiger partial charge in [-0.15, -0.1) is 22.1 Å². The number of rotatable bonds is 4. The van der Waals surface area contributed by atoms with Crippen LogP contribution in [0.25, 0.3) is 91.4 Å². The fourth-order valence-electron chi connectivity index (χ4n) is 7.71. The Hall–Kier alpha value is -6.04. The minimum atomic E-state index is 0. The Morgan fingerprint density at radius 3 is 0.830 bits per heavy atom. The molecule has 0 atom stereocenters. The molecule has 0 saturated carbocycles. The van der Waals surface area contributed by atoms with Crippen molar-refractivity contribution >= 4 is 46.4 Å². The van der Waals surface area contributed by atoms with Gasteiger partial charge in [-0.2, -0.15) is 0 Å². The maximum atomic E-state index is 5.38. The predicted molar refractivity (Wildman–Crippen MR) is 199 cm³/mol. The van der Waals surface area contributed by atoms with Crippen LogP contribution < -0.4 is 28.2 Å². The van der Waals surface area contributed by atoms with Crippen LogP contribution in [0.4, 0.5) is 0 Å². The van der Waals surface area contributed by atoms with Crippen LogP contribution in [0.5, 0.6) is 0 Å². The van der Waals surface area contributed by atoms with Crippen molar-refractivity contribution in [2.45, 2.75) is 0 Å². The largest absolute Gasteiger partial charge is 3.00 e. The summed E-state index contributed by atoms with van der Waals surface area (Å²) >= 11 is 0. The Morgan fingerprint density at radius 2 is 0.642 bits per heavy atom. The van der Waals surface area contributed by atoms with Gasteiger partial charge in [0.2, 0.25) is 25.3 Å². The van der Waals surface area contributed by atoms with E-state index in [4.69, 9.17) is 19.9 Å². The average Bonchev–Trinajstić information content (AvgIpc) is 3.93. The van der Waals surface area contributed by atoms with Gasteiger partial charge in [0.15, 0.2) is 22.8 Å². The Bertz CT molecular complexity index is 2470. The Balaban J connectivity index is 0.00000400. The first kappa shape index (κ1) is 34.1. The van der Waals surface area contributed by atoms with Gasteiger partial charge in [-0.05, 0) is 24.3 Å². The summed E-state index contributed by atoms with van der Waals surface area (Å²) in [6.07, 6.45) is 25.1. The number of aromatic nitrogens is 12. The minimum absolute atomic E-state index is 0. The number of hydrogen-bond acceptors (Lipinski definition) is 2. The first-order valence-electron chi connectivity index (χ1n) is 17.2. The summed E-state index contributed by atoms with van der Waals surface area (Å²) in [7, 11) is 16.4. The normalized spacial score (nSPS) is 12.2. The molecule has 0 radical (unpaired) electrons. The standard InChI is InChI=1S/C40H40N12.Mn/c1-45-17-33(49(5)21-45)37-25-9-11-27(41-25)38(34-18-46(2)22-50(34)6)29-13-15-31(43-29)40(36-20-48(4)24-52(36)8)32-16-14-30(44-32)39(28-12-10-26(37)42-28)35-19-47(3)23-51(35)7;/h9-24H,1-8H3;/q+2;+3. The van der Waals surface area contributed by atoms with Crippen LogP contribution in [0.1, 0.15) is 22.8 Å². The van der Waals surface area contributed by atoms with E-state index in [1.807, 2.05) is 28.2 Å². The van der Waals surface area contributed by atoms with Gasteiger partial charge in [0.25, 0.3) is 0 Å². The molecule has 0 aromatic carbocycles. The van der Waals surface area contributed by atoms with Crippen molar-refractivity contribution in [2.24, 2.45) is 56.4 Å². The van der Waals surface area contributed by atoms with Crippen molar-refractivity contribution in [3.8, 4) is 45.0 Å². The van der Waals surface area contributed by atoms with Gasteiger partial charge >= 0.3 is 17.1 Å². The molecule has 0 aliphatic carbocycles. The molecule has 0 unspecified atom stereocenters. The monoisotopic (exact) mass is 743 g/mol. The van der Waals surface area contributed by atoms with Crippen LogP contribution in [0.2, 0.25) is 0 Å². The topological polar surface area (TPSA) is 89.2 Å². The van der Waals surface area contributed by atoms with Crippen LogP contribution in [0, 0.1) is 0 Å². The molecule has 12 nitrogen and oxygen atoms in total. The van der Waals surface area contributed by atoms with Gasteiger partial charge in [0.05, 0.1) is 79.2 Å². The Morgan fingerprint density at radius 1 is 0.415 bits per heavy atom. The average molecular weight is 744 g/mol. The van der Waals surface area contributed by atoms with E-state index in [9.17, 15) is 0 Å². The molecule has 0 N–H and O–H groups in total. The van der Waals surface area contributed by atoms with E-state index >= 15 is 0 Å². The van der Waals surface area contributed by atoms with Crippen molar-refractivity contribution in [3.63, 3.8) is 0 Å². The fourth-order valence-corrected chi connectivity index (χ4v) is 7.71. The van der Waals surface area contributed by atoms with E-state index < -0.39 is 0 Å². The number of aryl methyl sites for hydroxylation is 8. The van der Waals surface area contributed by atoms with Gasteiger partial charge in [0, 0.05) is 22.3 Å². The van der Waals surface area contributed by atoms with Crippen molar-refractivity contribution in [3.05, 3.63) is 97.1 Å². The van der Waals surface area contributed by atoms with Gasteiger partial charge in [-0.1, -0.05) is 24.3 Å². The van der Waals surface area contributed by atoms with Crippen molar-refractivity contribution in [2.75, 3.05) is 0 Å². The van der Waals surface area contributed by atoms with Gasteiger partial charge < -0.3 is 9.97 Å². The molecular weight excluding hydrogens is 703 g/mol. The van der Waals surface area contributed by atoms with E-state index in [1.165, 1.54) is 0 Å². The second-order valence-corrected chi connectivity index (χ2v) is 14.0. The Kier molecular flexibility index (Phi) is 8.08. The summed E-state index contributed by atoms with van der Waals surface area (Å²) in [5, 5.41) is 0. The van der Waals surface area contributed by atoms with Crippen molar-refractivity contribution in [1.29, 1.82) is 0 Å². The molecule has 2 aliphatic heterocycles. The zero-order chi connectivity index (χ0) is 36.0. The van der Waals surface area contributed by atoms with Gasteiger partial charge in [-0.3, -0.25) is 0 Å². The third-order valence-corrected chi connectivity index (χ3v) is 9.88. The van der Waals surface area contributed by atoms with Crippen molar-refractivity contribution in [1.82, 2.24) is 38.2 Å². The molecule has 8 bridgehead atoms. The van der Waals surface area contributed by atoms with E-state index in [2.05, 4.69) is 163 Å². The van der Waals surface area contributed by atoms with E-state index in [-0.39, 0.29) is 17.1 Å². The minimum Gasteiger partial charge on any atom is -0.657 e. The van der Waals surface area contributed by atoms with E-state index in [0.29, 0.717) is 0 Å². The summed E-state index contributed by atoms with van der Waals surface area (Å²) < 4.78 is 16.7. The first-order chi connectivity index (χ1) is 25.0. The van der Waals surface area contributed by atoms with Gasteiger partial charge in [0.1, 0.15) is 24.8 Å². The zero-order valence-corrected chi connectivity index (χ0v) is 32.2. The third-order valence-electron chi connectivity index (χ3n) is 9.88. The molecule has 2 aliphatic rings. The number of hydrogen-bond donors (Lipinski definition) is 0. The smallest absolute Gasteiger partial charge is 0.657 e. The quantitative estimate of drug-likeness (QED) is 0.205. The van der Waals surface area contributed by atoms with E-state index in [1.54, 1.807) is 0 Å². The molecule has 0 amide bonds. The van der Waals surface area contributed by atoms with Gasteiger partial charge in [-0.25, -0.2) is 46.5 Å². The molecule has 7 aromatic rings. The molecule has 53 heavy (non-hydrogen) atoms. The molecule has 9 rings (SSSR count). The molecule has 0 saturated heterocycles. The SMILES string of the molecule is Cn1c[n+](C)cc1-c1c2nc(c(-c3c[n+](C)cn3C)c3ccc([n-]3)c(-c3c[n+](C)cn3C)c3nc(c(-c4c[n+](C)cn4C)c4ccc1[n-]4)C=C3)C=C2.[Mn+3]. The zero-order valence-electron chi connectivity index (χ0n) is 31.0. The second-order valence-electron chi connectivity index (χ2n) is 14.0. The number of nitrogens with zero attached hydrogens (tertiary/aromatic N) is 12. The van der Waals surface area contributed by atoms with Crippen molar-refractivity contribution < 1.29 is 35.3 Å². The predicted octanol–water partition coefficient (Wildman–Crippen LogP) is 3.23. The van der Waals surface area contributed by atoms with Crippen LogP contribution in [-0.4, -0.2) is 28.2 Å². The van der Waals surface area contributed by atoms with Crippen LogP contribution in [0.3, 0.4) is 0 Å². The summed E-state index contributed by atoms with van der Waals surface area (Å²) in [5.74, 6) is 0. The summed E-state index contributed by atoms with van der Waals surface area (Å²) in [6, 6.07) is 8.41. The van der Waals surface area contributed by atoms with Crippen LogP contribution in [-0.2, 0) is 73.5 Å². The van der Waals surface area contributed by atoms with Crippen LogP contribution >= 0.6 is 0 Å². The van der Waals surface area contributed by atoms with Crippen LogP contribution in [0.15, 0.2) is 74.4 Å². The molecular formula is C40H40MnN12+5. The first-order valence-corrected chi connectivity index (χ1v) is 17.2. The number of fused-ring (bicyclic) bond motifs is 8. The molecule has 9 heterocycles. The van der Waals surface area contributed by atoms with E-state index in [0.717, 1.165) is 89.9 Å². The summed E-state index contributed by atoms with van der Waals surface area (Å²) in [6.45, 7) is 0. The second kappa shape index (κ2) is 12.6. The molecule has 0 fully saturated rings. The maximum absolute atomic E-state index is 5.38. The third kappa shape index (κ3) is 5.60.